The Morgan fingerprint density at radius 1 is 1.20 bits per heavy atom. The van der Waals surface area contributed by atoms with Crippen molar-refractivity contribution in [2.75, 3.05) is 0 Å². The van der Waals surface area contributed by atoms with Crippen molar-refractivity contribution in [1.29, 1.82) is 0 Å². The van der Waals surface area contributed by atoms with Crippen LogP contribution in [0.5, 0.6) is 0 Å². The van der Waals surface area contributed by atoms with Gasteiger partial charge in [-0.1, -0.05) is 26.7 Å². The third-order valence-electron chi connectivity index (χ3n) is 4.28. The summed E-state index contributed by atoms with van der Waals surface area (Å²) in [6.45, 7) is 4.75. The summed E-state index contributed by atoms with van der Waals surface area (Å²) in [5, 5.41) is 0. The van der Waals surface area contributed by atoms with Crippen molar-refractivity contribution in [2.45, 2.75) is 46.0 Å². The Bertz CT molecular complexity index is 133. The van der Waals surface area contributed by atoms with E-state index >= 15 is 0 Å². The maximum atomic E-state index is 2.37. The smallest absolute Gasteiger partial charge is 0.0269 e. The lowest BCUT2D eigenvalue weighted by Crippen LogP contribution is -2.53. The van der Waals surface area contributed by atoms with Gasteiger partial charge in [0.1, 0.15) is 0 Å². The van der Waals surface area contributed by atoms with Crippen LogP contribution in [0, 0.1) is 17.3 Å². The quantitative estimate of drug-likeness (QED) is 0.549. The average Bonchev–Trinajstić information content (AvgIpc) is 1.95. The van der Waals surface area contributed by atoms with E-state index in [-0.39, 0.29) is 0 Å². The molecule has 2 aliphatic rings. The molecule has 0 bridgehead atoms. The molecule has 0 heterocycles. The molecular weight excluding hydrogens is 120 g/mol. The first kappa shape index (κ1) is 6.69. The van der Waals surface area contributed by atoms with Crippen molar-refractivity contribution in [3.05, 3.63) is 0 Å². The maximum Gasteiger partial charge on any atom is -0.0269 e. The van der Waals surface area contributed by atoms with Gasteiger partial charge in [0.25, 0.3) is 0 Å². The van der Waals surface area contributed by atoms with Gasteiger partial charge in [0.05, 0.1) is 0 Å². The Morgan fingerprint density at radius 3 is 2.00 bits per heavy atom. The zero-order valence-electron chi connectivity index (χ0n) is 7.19. The van der Waals surface area contributed by atoms with E-state index in [1.807, 2.05) is 0 Å². The summed E-state index contributed by atoms with van der Waals surface area (Å²) in [6, 6.07) is 0. The van der Waals surface area contributed by atoms with Crippen LogP contribution in [-0.4, -0.2) is 0 Å². The van der Waals surface area contributed by atoms with Crippen LogP contribution >= 0.6 is 0 Å². The SMILES string of the molecule is CCC1(CC)CC2CCC21. The molecule has 0 saturated heterocycles. The summed E-state index contributed by atoms with van der Waals surface area (Å²) in [4.78, 5) is 0. The normalized spacial score (nSPS) is 41.4. The highest BCUT2D eigenvalue weighted by Crippen LogP contribution is 2.64. The van der Waals surface area contributed by atoms with Gasteiger partial charge in [0.2, 0.25) is 0 Å². The molecule has 0 aromatic carbocycles. The summed E-state index contributed by atoms with van der Waals surface area (Å²) < 4.78 is 0. The molecule has 2 atom stereocenters. The molecule has 0 radical (unpaired) electrons. The topological polar surface area (TPSA) is 0 Å². The number of hydrogen-bond acceptors (Lipinski definition) is 0. The van der Waals surface area contributed by atoms with Crippen LogP contribution in [0.25, 0.3) is 0 Å². The van der Waals surface area contributed by atoms with Crippen molar-refractivity contribution in [2.24, 2.45) is 17.3 Å². The first-order chi connectivity index (χ1) is 4.82. The molecule has 0 aromatic heterocycles. The second kappa shape index (κ2) is 1.99. The van der Waals surface area contributed by atoms with Crippen LogP contribution in [-0.2, 0) is 0 Å². The predicted octanol–water partition coefficient (Wildman–Crippen LogP) is 3.22. The van der Waals surface area contributed by atoms with Gasteiger partial charge in [-0.3, -0.25) is 0 Å². The summed E-state index contributed by atoms with van der Waals surface area (Å²) in [7, 11) is 0. The van der Waals surface area contributed by atoms with E-state index in [4.69, 9.17) is 0 Å². The van der Waals surface area contributed by atoms with E-state index in [1.54, 1.807) is 19.3 Å². The van der Waals surface area contributed by atoms with E-state index < -0.39 is 0 Å². The molecule has 0 heteroatoms. The third-order valence-corrected chi connectivity index (χ3v) is 4.28. The molecule has 2 aliphatic carbocycles. The zero-order valence-corrected chi connectivity index (χ0v) is 7.19. The minimum Gasteiger partial charge on any atom is -0.0648 e. The summed E-state index contributed by atoms with van der Waals surface area (Å²) in [6.07, 6.45) is 7.53. The standard InChI is InChI=1S/C10H18/c1-3-10(4-2)7-8-5-6-9(8)10/h8-9H,3-7H2,1-2H3. The molecule has 0 spiro atoms. The Kier molecular flexibility index (Phi) is 1.33. The van der Waals surface area contributed by atoms with Crippen molar-refractivity contribution in [3.8, 4) is 0 Å². The second-order valence-corrected chi connectivity index (χ2v) is 4.22. The van der Waals surface area contributed by atoms with Crippen LogP contribution < -0.4 is 0 Å². The third kappa shape index (κ3) is 0.580. The number of fused-ring (bicyclic) bond motifs is 1. The van der Waals surface area contributed by atoms with Crippen LogP contribution in [0.4, 0.5) is 0 Å². The molecular formula is C10H18. The summed E-state index contributed by atoms with van der Waals surface area (Å²) in [5.41, 5.74) is 0.822. The highest BCUT2D eigenvalue weighted by atomic mass is 14.6. The lowest BCUT2D eigenvalue weighted by molar-refractivity contribution is -0.121. The molecule has 0 amide bonds. The van der Waals surface area contributed by atoms with Crippen molar-refractivity contribution >= 4 is 0 Å². The van der Waals surface area contributed by atoms with Crippen molar-refractivity contribution in [3.63, 3.8) is 0 Å². The highest BCUT2D eigenvalue weighted by molar-refractivity contribution is 5.05. The maximum absolute atomic E-state index is 2.37. The van der Waals surface area contributed by atoms with Gasteiger partial charge >= 0.3 is 0 Å². The minimum absolute atomic E-state index is 0.822. The fourth-order valence-corrected chi connectivity index (χ4v) is 3.20. The van der Waals surface area contributed by atoms with E-state index in [1.165, 1.54) is 18.8 Å². The zero-order chi connectivity index (χ0) is 7.19. The molecule has 0 nitrogen and oxygen atoms in total. The lowest BCUT2D eigenvalue weighted by Gasteiger charge is -2.62. The molecule has 0 aromatic rings. The first-order valence-corrected chi connectivity index (χ1v) is 4.82. The molecule has 0 N–H and O–H groups in total. The molecule has 10 heavy (non-hydrogen) atoms. The average molecular weight is 138 g/mol. The Balaban J connectivity index is 2.02. The Hall–Kier alpha value is 0. The van der Waals surface area contributed by atoms with Gasteiger partial charge in [0, 0.05) is 0 Å². The molecule has 2 saturated carbocycles. The minimum atomic E-state index is 0.822. The number of rotatable bonds is 2. The Morgan fingerprint density at radius 2 is 1.90 bits per heavy atom. The molecule has 2 fully saturated rings. The fraction of sp³-hybridized carbons (Fsp3) is 1.00. The summed E-state index contributed by atoms with van der Waals surface area (Å²) >= 11 is 0. The van der Waals surface area contributed by atoms with E-state index in [0.717, 1.165) is 11.3 Å². The lowest BCUT2D eigenvalue weighted by atomic mass is 9.43. The van der Waals surface area contributed by atoms with Gasteiger partial charge in [-0.15, -0.1) is 0 Å². The van der Waals surface area contributed by atoms with E-state index in [9.17, 15) is 0 Å². The van der Waals surface area contributed by atoms with Gasteiger partial charge in [-0.2, -0.15) is 0 Å². The Labute approximate surface area is 64.0 Å². The second-order valence-electron chi connectivity index (χ2n) is 4.22. The highest BCUT2D eigenvalue weighted by Gasteiger charge is 2.55. The van der Waals surface area contributed by atoms with E-state index in [2.05, 4.69) is 13.8 Å². The fourth-order valence-electron chi connectivity index (χ4n) is 3.20. The van der Waals surface area contributed by atoms with Gasteiger partial charge < -0.3 is 0 Å². The van der Waals surface area contributed by atoms with Crippen molar-refractivity contribution < 1.29 is 0 Å². The molecule has 2 rings (SSSR count). The predicted molar refractivity (Wildman–Crippen MR) is 43.8 cm³/mol. The monoisotopic (exact) mass is 138 g/mol. The molecule has 2 unspecified atom stereocenters. The van der Waals surface area contributed by atoms with Gasteiger partial charge in [-0.25, -0.2) is 0 Å². The largest absolute Gasteiger partial charge is 0.0648 e. The van der Waals surface area contributed by atoms with E-state index in [0.29, 0.717) is 0 Å². The van der Waals surface area contributed by atoms with Crippen molar-refractivity contribution in [1.82, 2.24) is 0 Å². The van der Waals surface area contributed by atoms with Crippen LogP contribution in [0.15, 0.2) is 0 Å². The van der Waals surface area contributed by atoms with Gasteiger partial charge in [-0.05, 0) is 36.5 Å². The molecule has 58 valence electrons. The number of hydrogen-bond donors (Lipinski definition) is 0. The van der Waals surface area contributed by atoms with Crippen LogP contribution in [0.1, 0.15) is 46.0 Å². The summed E-state index contributed by atoms with van der Waals surface area (Å²) in [5.74, 6) is 2.32. The molecule has 0 aliphatic heterocycles. The first-order valence-electron chi connectivity index (χ1n) is 4.82. The van der Waals surface area contributed by atoms with Gasteiger partial charge in [0.15, 0.2) is 0 Å². The van der Waals surface area contributed by atoms with Crippen LogP contribution in [0.2, 0.25) is 0 Å². The van der Waals surface area contributed by atoms with Crippen LogP contribution in [0.3, 0.4) is 0 Å².